The molecule has 212 valence electrons. The van der Waals surface area contributed by atoms with E-state index in [0.29, 0.717) is 11.3 Å². The highest BCUT2D eigenvalue weighted by atomic mass is 35.5. The number of likely N-dealkylation sites (N-methyl/N-ethyl adjacent to an activating group) is 1. The summed E-state index contributed by atoms with van der Waals surface area (Å²) in [5.41, 5.74) is 0.327. The second-order valence-corrected chi connectivity index (χ2v) is 9.05. The first kappa shape index (κ1) is 30.4. The zero-order chi connectivity index (χ0) is 29.7. The highest BCUT2D eigenvalue weighted by Gasteiger charge is 2.29. The Morgan fingerprint density at radius 1 is 0.850 bits per heavy atom. The van der Waals surface area contributed by atoms with Gasteiger partial charge in [-0.15, -0.1) is 0 Å². The van der Waals surface area contributed by atoms with E-state index in [4.69, 9.17) is 16.3 Å². The molecule has 0 aliphatic heterocycles. The molecule has 0 spiro atoms. The number of carbonyl (C=O) groups excluding carboxylic acids is 3. The molecule has 0 saturated heterocycles. The van der Waals surface area contributed by atoms with Crippen molar-refractivity contribution in [2.75, 3.05) is 7.05 Å². The third kappa shape index (κ3) is 6.87. The molecule has 2 amide bonds. The van der Waals surface area contributed by atoms with Crippen LogP contribution in [0.2, 0.25) is 5.02 Å². The van der Waals surface area contributed by atoms with E-state index < -0.39 is 58.7 Å². The van der Waals surface area contributed by atoms with E-state index in [1.165, 1.54) is 37.4 Å². The average Bonchev–Trinajstić information content (AvgIpc) is 2.93. The van der Waals surface area contributed by atoms with Gasteiger partial charge in [0, 0.05) is 19.0 Å². The van der Waals surface area contributed by atoms with Gasteiger partial charge in [-0.1, -0.05) is 23.7 Å². The molecule has 3 aromatic rings. The summed E-state index contributed by atoms with van der Waals surface area (Å²) in [5.74, 6) is -15.4. The van der Waals surface area contributed by atoms with Gasteiger partial charge in [-0.2, -0.15) is 8.78 Å². The van der Waals surface area contributed by atoms with Crippen molar-refractivity contribution >= 4 is 29.4 Å². The molecule has 0 unspecified atom stereocenters. The quantitative estimate of drug-likeness (QED) is 0.120. The van der Waals surface area contributed by atoms with Crippen LogP contribution in [0, 0.1) is 29.1 Å². The molecule has 40 heavy (non-hydrogen) atoms. The maximum Gasteiger partial charge on any atom is 0.343 e. The number of benzene rings is 3. The Balaban J connectivity index is 1.73. The molecule has 2 N–H and O–H groups in total. The number of amides is 2. The largest absolute Gasteiger partial charge is 0.489 e. The van der Waals surface area contributed by atoms with E-state index in [2.05, 4.69) is 15.4 Å². The van der Waals surface area contributed by atoms with Crippen LogP contribution in [0.3, 0.4) is 0 Å². The Labute approximate surface area is 230 Å². The molecule has 0 aliphatic rings. The summed E-state index contributed by atoms with van der Waals surface area (Å²) in [5, 5.41) is 5.22. The number of esters is 1. The lowest BCUT2D eigenvalue weighted by Gasteiger charge is -2.18. The van der Waals surface area contributed by atoms with Gasteiger partial charge in [0.25, 0.3) is 5.91 Å². The second-order valence-electron chi connectivity index (χ2n) is 8.64. The fourth-order valence-electron chi connectivity index (χ4n) is 3.46. The first-order valence-corrected chi connectivity index (χ1v) is 12.0. The smallest absolute Gasteiger partial charge is 0.343 e. The monoisotopic (exact) mass is 584 g/mol. The number of rotatable bonds is 9. The van der Waals surface area contributed by atoms with Crippen LogP contribution in [0.5, 0.6) is 11.5 Å². The molecule has 3 aromatic carbocycles. The molecule has 0 aromatic heterocycles. The van der Waals surface area contributed by atoms with Crippen LogP contribution >= 0.6 is 11.6 Å². The first-order valence-electron chi connectivity index (χ1n) is 11.6. The third-order valence-corrected chi connectivity index (χ3v) is 5.71. The molecule has 0 heterocycles. The van der Waals surface area contributed by atoms with Crippen LogP contribution in [0.1, 0.15) is 40.1 Å². The number of ether oxygens (including phenoxy) is 2. The van der Waals surface area contributed by atoms with Gasteiger partial charge in [-0.25, -0.2) is 18.0 Å². The van der Waals surface area contributed by atoms with Crippen molar-refractivity contribution in [3.8, 4) is 11.5 Å². The van der Waals surface area contributed by atoms with E-state index >= 15 is 0 Å². The molecule has 0 radical (unpaired) electrons. The maximum absolute atomic E-state index is 13.8. The molecule has 7 nitrogen and oxygen atoms in total. The predicted molar refractivity (Wildman–Crippen MR) is 134 cm³/mol. The van der Waals surface area contributed by atoms with Crippen molar-refractivity contribution in [2.24, 2.45) is 0 Å². The molecule has 0 bridgehead atoms. The fourth-order valence-corrected chi connectivity index (χ4v) is 3.68. The van der Waals surface area contributed by atoms with Gasteiger partial charge < -0.3 is 20.1 Å². The lowest BCUT2D eigenvalue weighted by atomic mass is 10.0. The summed E-state index contributed by atoms with van der Waals surface area (Å²) in [6.45, 7) is 3.63. The number of carbonyl (C=O) groups is 3. The van der Waals surface area contributed by atoms with Gasteiger partial charge in [0.15, 0.2) is 0 Å². The first-order chi connectivity index (χ1) is 18.8. The van der Waals surface area contributed by atoms with Gasteiger partial charge in [0.2, 0.25) is 40.7 Å². The van der Waals surface area contributed by atoms with Crippen LogP contribution in [0.25, 0.3) is 0 Å². The summed E-state index contributed by atoms with van der Waals surface area (Å²) in [7, 11) is 1.37. The molecule has 13 heteroatoms. The fraction of sp³-hybridized carbons (Fsp3) is 0.222. The molecular formula is C27H22ClF5N2O5. The molecular weight excluding hydrogens is 563 g/mol. The molecule has 0 aliphatic carbocycles. The Bertz CT molecular complexity index is 1420. The second kappa shape index (κ2) is 12.8. The van der Waals surface area contributed by atoms with Gasteiger partial charge in [-0.05, 0) is 49.7 Å². The van der Waals surface area contributed by atoms with Crippen LogP contribution < -0.4 is 20.1 Å². The van der Waals surface area contributed by atoms with E-state index in [1.807, 2.05) is 13.8 Å². The van der Waals surface area contributed by atoms with Crippen molar-refractivity contribution in [3.05, 3.63) is 93.3 Å². The van der Waals surface area contributed by atoms with Gasteiger partial charge in [-0.3, -0.25) is 9.59 Å². The lowest BCUT2D eigenvalue weighted by Crippen LogP contribution is -2.47. The van der Waals surface area contributed by atoms with Gasteiger partial charge in [0.05, 0.1) is 16.7 Å². The Hall–Kier alpha value is -4.19. The van der Waals surface area contributed by atoms with E-state index in [9.17, 15) is 36.3 Å². The van der Waals surface area contributed by atoms with Crippen molar-refractivity contribution in [3.63, 3.8) is 0 Å². The number of nitrogens with one attached hydrogen (secondary N) is 2. The van der Waals surface area contributed by atoms with E-state index in [-0.39, 0.29) is 28.7 Å². The summed E-state index contributed by atoms with van der Waals surface area (Å²) in [6.07, 6.45) is -0.181. The lowest BCUT2D eigenvalue weighted by molar-refractivity contribution is -0.122. The topological polar surface area (TPSA) is 93.7 Å². The summed E-state index contributed by atoms with van der Waals surface area (Å²) in [4.78, 5) is 37.5. The Morgan fingerprint density at radius 3 is 1.93 bits per heavy atom. The third-order valence-electron chi connectivity index (χ3n) is 5.42. The SMILES string of the molecule is CNC(=O)[C@H](Cc1ccc(C(=O)Oc2c(F)c(F)c(F)c(F)c2F)cc1)NC(=O)c1ccc(OC(C)C)c(Cl)c1. The Kier molecular flexibility index (Phi) is 9.69. The minimum absolute atomic E-state index is 0.0410. The van der Waals surface area contributed by atoms with Crippen molar-refractivity contribution in [2.45, 2.75) is 32.4 Å². The van der Waals surface area contributed by atoms with E-state index in [1.54, 1.807) is 0 Å². The van der Waals surface area contributed by atoms with Gasteiger partial charge in [0.1, 0.15) is 11.8 Å². The molecule has 0 fully saturated rings. The van der Waals surface area contributed by atoms with Crippen molar-refractivity contribution < 1.29 is 45.8 Å². The molecule has 0 saturated carbocycles. The van der Waals surface area contributed by atoms with Crippen molar-refractivity contribution in [1.82, 2.24) is 10.6 Å². The highest BCUT2D eigenvalue weighted by Crippen LogP contribution is 2.30. The zero-order valence-electron chi connectivity index (χ0n) is 21.2. The maximum atomic E-state index is 13.8. The normalized spacial score (nSPS) is 11.7. The van der Waals surface area contributed by atoms with E-state index in [0.717, 1.165) is 12.1 Å². The number of halogens is 6. The van der Waals surface area contributed by atoms with Crippen LogP contribution in [-0.2, 0) is 11.2 Å². The predicted octanol–water partition coefficient (Wildman–Crippen LogP) is 5.13. The minimum atomic E-state index is -2.39. The average molecular weight is 585 g/mol. The van der Waals surface area contributed by atoms with Crippen molar-refractivity contribution in [1.29, 1.82) is 0 Å². The molecule has 3 rings (SSSR count). The zero-order valence-corrected chi connectivity index (χ0v) is 22.0. The number of hydrogen-bond acceptors (Lipinski definition) is 5. The highest BCUT2D eigenvalue weighted by molar-refractivity contribution is 6.32. The standard InChI is InChI=1S/C27H22ClF5N2O5/c1-12(2)39-18-9-8-15(11-16(18)28)25(36)35-17(26(37)34-3)10-13-4-6-14(7-5-13)27(38)40-24-22(32)20(30)19(29)21(31)23(24)33/h4-9,11-12,17H,10H2,1-3H3,(H,34,37)(H,35,36)/t17-/m0/s1. The van der Waals surface area contributed by atoms with Gasteiger partial charge >= 0.3 is 5.97 Å². The Morgan fingerprint density at radius 2 is 1.40 bits per heavy atom. The molecule has 1 atom stereocenters. The van der Waals surface area contributed by atoms with Crippen LogP contribution in [-0.4, -0.2) is 37.0 Å². The van der Waals surface area contributed by atoms with Crippen LogP contribution in [0.15, 0.2) is 42.5 Å². The summed E-state index contributed by atoms with van der Waals surface area (Å²) >= 11 is 6.19. The van der Waals surface area contributed by atoms with Crippen LogP contribution in [0.4, 0.5) is 22.0 Å². The number of hydrogen-bond donors (Lipinski definition) is 2. The summed E-state index contributed by atoms with van der Waals surface area (Å²) < 4.78 is 77.6. The minimum Gasteiger partial charge on any atom is -0.489 e. The summed E-state index contributed by atoms with van der Waals surface area (Å²) in [6, 6.07) is 8.34.